The second-order valence-electron chi connectivity index (χ2n) is 29.9. The zero-order valence-electron chi connectivity index (χ0n) is 55.3. The van der Waals surface area contributed by atoms with E-state index in [1.165, 1.54) is 111 Å². The normalized spacial score (nSPS) is 13.2. The summed E-state index contributed by atoms with van der Waals surface area (Å²) in [6.07, 6.45) is 0. The van der Waals surface area contributed by atoms with Crippen LogP contribution in [0.3, 0.4) is 0 Å². The van der Waals surface area contributed by atoms with Gasteiger partial charge in [-0.15, -0.1) is 0 Å². The molecule has 0 unspecified atom stereocenters. The van der Waals surface area contributed by atoms with E-state index in [-0.39, 0.29) is 28.4 Å². The van der Waals surface area contributed by atoms with Gasteiger partial charge in [0.2, 0.25) is 0 Å². The van der Waals surface area contributed by atoms with Crippen molar-refractivity contribution >= 4 is 74.3 Å². The van der Waals surface area contributed by atoms with Gasteiger partial charge in [-0.1, -0.05) is 277 Å². The summed E-state index contributed by atoms with van der Waals surface area (Å²) in [7, 11) is 0. The van der Waals surface area contributed by atoms with Gasteiger partial charge >= 0.3 is 0 Å². The van der Waals surface area contributed by atoms with E-state index in [4.69, 9.17) is 0 Å². The predicted octanol–water partition coefficient (Wildman–Crippen LogP) is 22.7. The van der Waals surface area contributed by atoms with Crippen LogP contribution in [0, 0.1) is 0 Å². The standard InChI is InChI=1S/C88H80BN3/c1-85(2,3)65-44-62(45-66(53-65)86(4,5)6)59-32-27-37-71(48-59)91-80-52-61(63-46-67(87(7,8)9)54-68(47-63)88(10,11)12)40-42-77(80)89-78-51-64(58-30-19-14-20-31-58)50-76-74-39-26-25-38-73(74)75-49-60(57-28-17-13-18-29-57)41-43-79(75)92(84(76)78)82-56-72(55-81(91)83(82)89)90(69-33-21-15-22-34-69)70-35-23-16-24-36-70/h13-56H,1-12H3. The maximum absolute atomic E-state index is 2.67. The van der Waals surface area contributed by atoms with Crippen LogP contribution in [0.4, 0.5) is 51.2 Å². The molecule has 0 aliphatic carbocycles. The summed E-state index contributed by atoms with van der Waals surface area (Å²) in [6, 6.07) is 102. The minimum Gasteiger partial charge on any atom is -0.311 e. The molecule has 0 saturated carbocycles. The van der Waals surface area contributed by atoms with Crippen molar-refractivity contribution in [3.05, 3.63) is 289 Å². The fourth-order valence-electron chi connectivity index (χ4n) is 14.4. The first kappa shape index (κ1) is 58.5. The number of anilines is 9. The maximum atomic E-state index is 2.67. The van der Waals surface area contributed by atoms with E-state index in [2.05, 4.69) is 365 Å². The Labute approximate surface area is 546 Å². The van der Waals surface area contributed by atoms with Crippen LogP contribution in [-0.4, -0.2) is 6.71 Å². The maximum Gasteiger partial charge on any atom is 0.252 e. The molecule has 4 heteroatoms. The molecule has 3 aliphatic heterocycles. The molecule has 0 spiro atoms. The van der Waals surface area contributed by atoms with E-state index in [0.717, 1.165) is 45.5 Å². The van der Waals surface area contributed by atoms with Crippen molar-refractivity contribution in [3.8, 4) is 66.8 Å². The third-order valence-electron chi connectivity index (χ3n) is 19.5. The van der Waals surface area contributed by atoms with Crippen LogP contribution >= 0.6 is 0 Å². The first-order valence-electron chi connectivity index (χ1n) is 32.9. The van der Waals surface area contributed by atoms with Gasteiger partial charge in [0.15, 0.2) is 0 Å². The molecule has 0 radical (unpaired) electrons. The van der Waals surface area contributed by atoms with Gasteiger partial charge in [-0.3, -0.25) is 0 Å². The van der Waals surface area contributed by atoms with Crippen LogP contribution in [0.5, 0.6) is 0 Å². The van der Waals surface area contributed by atoms with Crippen LogP contribution in [0.1, 0.15) is 105 Å². The third-order valence-corrected chi connectivity index (χ3v) is 19.5. The molecule has 0 amide bonds. The minimum atomic E-state index is -0.186. The molecule has 0 aromatic heterocycles. The summed E-state index contributed by atoms with van der Waals surface area (Å²) in [4.78, 5) is 7.78. The molecule has 0 bridgehead atoms. The number of rotatable bonds is 8. The Morgan fingerprint density at radius 1 is 0.261 bits per heavy atom. The monoisotopic (exact) mass is 1190 g/mol. The first-order valence-corrected chi connectivity index (χ1v) is 32.9. The Hall–Kier alpha value is -9.90. The number of fused-ring (bicyclic) bond motifs is 9. The molecule has 0 fully saturated rings. The number of hydrogen-bond acceptors (Lipinski definition) is 3. The van der Waals surface area contributed by atoms with Crippen molar-refractivity contribution in [3.63, 3.8) is 0 Å². The van der Waals surface area contributed by atoms with E-state index < -0.39 is 0 Å². The summed E-state index contributed by atoms with van der Waals surface area (Å²) in [5.41, 5.74) is 33.4. The molecule has 450 valence electrons. The van der Waals surface area contributed by atoms with Crippen LogP contribution in [0.25, 0.3) is 66.8 Å². The topological polar surface area (TPSA) is 9.72 Å². The summed E-state index contributed by atoms with van der Waals surface area (Å²) in [6.45, 7) is 27.9. The Morgan fingerprint density at radius 2 is 0.685 bits per heavy atom. The molecule has 3 heterocycles. The minimum absolute atomic E-state index is 0.0577. The van der Waals surface area contributed by atoms with Crippen LogP contribution in [0.2, 0.25) is 0 Å². The van der Waals surface area contributed by atoms with Crippen LogP contribution in [-0.2, 0) is 21.7 Å². The summed E-state index contributed by atoms with van der Waals surface area (Å²) in [5, 5.41) is 0. The van der Waals surface area contributed by atoms with Gasteiger partial charge in [-0.05, 0) is 189 Å². The van der Waals surface area contributed by atoms with Crippen molar-refractivity contribution in [2.75, 3.05) is 14.7 Å². The van der Waals surface area contributed by atoms with E-state index in [0.29, 0.717) is 0 Å². The average Bonchev–Trinajstić information content (AvgIpc) is 1.11. The number of benzene rings is 12. The van der Waals surface area contributed by atoms with E-state index in [1.807, 2.05) is 0 Å². The lowest BCUT2D eigenvalue weighted by atomic mass is 9.33. The van der Waals surface area contributed by atoms with Gasteiger partial charge in [0.05, 0.1) is 11.4 Å². The van der Waals surface area contributed by atoms with Gasteiger partial charge in [0, 0.05) is 50.9 Å². The van der Waals surface area contributed by atoms with Crippen LogP contribution < -0.4 is 31.1 Å². The molecular weight excluding hydrogens is 1110 g/mol. The van der Waals surface area contributed by atoms with E-state index in [9.17, 15) is 0 Å². The average molecular weight is 1190 g/mol. The Balaban J connectivity index is 1.10. The second-order valence-corrected chi connectivity index (χ2v) is 29.9. The fraction of sp³-hybridized carbons (Fsp3) is 0.182. The zero-order chi connectivity index (χ0) is 63.6. The molecular formula is C88H80BN3. The lowest BCUT2D eigenvalue weighted by Gasteiger charge is -2.45. The molecule has 0 saturated heterocycles. The fourth-order valence-corrected chi connectivity index (χ4v) is 14.4. The highest BCUT2D eigenvalue weighted by molar-refractivity contribution is 7.00. The molecule has 12 aromatic carbocycles. The lowest BCUT2D eigenvalue weighted by Crippen LogP contribution is -2.61. The lowest BCUT2D eigenvalue weighted by molar-refractivity contribution is 0.568. The van der Waals surface area contributed by atoms with E-state index >= 15 is 0 Å². The molecule has 3 aliphatic rings. The highest BCUT2D eigenvalue weighted by Gasteiger charge is 2.47. The van der Waals surface area contributed by atoms with Gasteiger partial charge < -0.3 is 14.7 Å². The quantitative estimate of drug-likeness (QED) is 0.140. The summed E-state index contributed by atoms with van der Waals surface area (Å²) in [5.74, 6) is 0. The van der Waals surface area contributed by atoms with Gasteiger partial charge in [-0.2, -0.15) is 0 Å². The Kier molecular flexibility index (Phi) is 13.9. The molecule has 0 atom stereocenters. The molecule has 3 nitrogen and oxygen atoms in total. The van der Waals surface area contributed by atoms with Gasteiger partial charge in [0.25, 0.3) is 6.71 Å². The smallest absolute Gasteiger partial charge is 0.252 e. The SMILES string of the molecule is CC(C)(C)c1cc(-c2cccc(N3c4cc(-c5cc(C(C)(C)C)cc(C(C)(C)C)c5)ccc4B4c5cc(-c6ccccc6)cc6c5N(c5ccc(-c7ccccc7)cc5-c5ccccc5-6)c5cc(N(c6ccccc6)c6ccccc6)cc3c54)c2)cc(C(C)(C)C)c1. The summed E-state index contributed by atoms with van der Waals surface area (Å²) < 4.78 is 0. The van der Waals surface area contributed by atoms with Gasteiger partial charge in [-0.25, -0.2) is 0 Å². The van der Waals surface area contributed by atoms with Crippen molar-refractivity contribution in [2.45, 2.75) is 105 Å². The van der Waals surface area contributed by atoms with Gasteiger partial charge in [0.1, 0.15) is 0 Å². The molecule has 92 heavy (non-hydrogen) atoms. The zero-order valence-corrected chi connectivity index (χ0v) is 55.3. The van der Waals surface area contributed by atoms with Crippen molar-refractivity contribution < 1.29 is 0 Å². The third kappa shape index (κ3) is 10.3. The second kappa shape index (κ2) is 21.9. The largest absolute Gasteiger partial charge is 0.311 e. The molecule has 0 N–H and O–H groups in total. The number of hydrogen-bond donors (Lipinski definition) is 0. The van der Waals surface area contributed by atoms with Crippen LogP contribution in [0.15, 0.2) is 267 Å². The Morgan fingerprint density at radius 3 is 1.22 bits per heavy atom. The molecule has 15 rings (SSSR count). The summed E-state index contributed by atoms with van der Waals surface area (Å²) >= 11 is 0. The molecule has 12 aromatic rings. The highest BCUT2D eigenvalue weighted by Crippen LogP contribution is 2.56. The Bertz CT molecular complexity index is 4740. The predicted molar refractivity (Wildman–Crippen MR) is 396 cm³/mol. The van der Waals surface area contributed by atoms with Crippen molar-refractivity contribution in [1.29, 1.82) is 0 Å². The van der Waals surface area contributed by atoms with E-state index in [1.54, 1.807) is 0 Å². The number of nitrogens with zero attached hydrogens (tertiary/aromatic N) is 3. The van der Waals surface area contributed by atoms with Crippen molar-refractivity contribution in [1.82, 2.24) is 0 Å². The highest BCUT2D eigenvalue weighted by atomic mass is 15.2. The van der Waals surface area contributed by atoms with Crippen molar-refractivity contribution in [2.24, 2.45) is 0 Å². The number of para-hydroxylation sites is 2. The first-order chi connectivity index (χ1) is 44.1.